The molecule has 1 aromatic carbocycles. The molecule has 3 rings (SSSR count). The zero-order valence-corrected chi connectivity index (χ0v) is 16.8. The summed E-state index contributed by atoms with van der Waals surface area (Å²) in [5.74, 6) is -0.419. The number of nitrogens with zero attached hydrogens (tertiary/aromatic N) is 2. The molecule has 2 heterocycles. The van der Waals surface area contributed by atoms with Crippen molar-refractivity contribution in [2.75, 3.05) is 31.6 Å². The lowest BCUT2D eigenvalue weighted by Gasteiger charge is -2.26. The molecule has 0 aliphatic carbocycles. The molecule has 25 heavy (non-hydrogen) atoms. The molecule has 0 bridgehead atoms. The number of carbonyl (C=O) groups is 1. The molecule has 2 N–H and O–H groups in total. The Labute approximate surface area is 161 Å². The average Bonchev–Trinajstić information content (AvgIpc) is 2.95. The van der Waals surface area contributed by atoms with Gasteiger partial charge in [-0.05, 0) is 56.1 Å². The maximum atomic E-state index is 12.5. The minimum absolute atomic E-state index is 0.177. The van der Waals surface area contributed by atoms with Crippen LogP contribution in [0.1, 0.15) is 10.5 Å². The number of rotatable bonds is 4. The second kappa shape index (κ2) is 7.54. The van der Waals surface area contributed by atoms with Crippen molar-refractivity contribution in [3.8, 4) is 0 Å². The number of H-pyrrole nitrogens is 1. The lowest BCUT2D eigenvalue weighted by Crippen LogP contribution is -2.40. The van der Waals surface area contributed by atoms with E-state index in [0.717, 1.165) is 0 Å². The van der Waals surface area contributed by atoms with Crippen molar-refractivity contribution >= 4 is 53.5 Å². The standard InChI is InChI=1S/C14H14Br2N4O4S/c15-11-12(18-19-13(11)16)14(21)17-9-1-3-10(4-2-9)25(22,23)20-5-7-24-8-6-20/h1-4H,5-8H2,(H,17,21)(H,18,19). The molecule has 1 aliphatic heterocycles. The molecule has 1 aliphatic rings. The van der Waals surface area contributed by atoms with E-state index in [2.05, 4.69) is 47.4 Å². The maximum Gasteiger partial charge on any atom is 0.277 e. The zero-order chi connectivity index (χ0) is 18.0. The van der Waals surface area contributed by atoms with Crippen LogP contribution in [0.25, 0.3) is 0 Å². The van der Waals surface area contributed by atoms with Gasteiger partial charge in [-0.3, -0.25) is 9.89 Å². The van der Waals surface area contributed by atoms with Crippen LogP contribution in [-0.2, 0) is 14.8 Å². The first kappa shape index (κ1) is 18.5. The molecule has 8 nitrogen and oxygen atoms in total. The minimum Gasteiger partial charge on any atom is -0.379 e. The highest BCUT2D eigenvalue weighted by Crippen LogP contribution is 2.25. The highest BCUT2D eigenvalue weighted by Gasteiger charge is 2.26. The van der Waals surface area contributed by atoms with E-state index in [-0.39, 0.29) is 10.6 Å². The fourth-order valence-electron chi connectivity index (χ4n) is 2.29. The van der Waals surface area contributed by atoms with Crippen LogP contribution in [0.5, 0.6) is 0 Å². The second-order valence-corrected chi connectivity index (χ2v) is 8.72. The van der Waals surface area contributed by atoms with Crippen molar-refractivity contribution in [3.63, 3.8) is 0 Å². The predicted molar refractivity (Wildman–Crippen MR) is 98.0 cm³/mol. The van der Waals surface area contributed by atoms with Gasteiger partial charge < -0.3 is 10.1 Å². The van der Waals surface area contributed by atoms with Gasteiger partial charge in [0, 0.05) is 18.8 Å². The van der Waals surface area contributed by atoms with E-state index < -0.39 is 15.9 Å². The third-order valence-electron chi connectivity index (χ3n) is 3.60. The molecule has 1 saturated heterocycles. The third kappa shape index (κ3) is 3.95. The topological polar surface area (TPSA) is 104 Å². The van der Waals surface area contributed by atoms with Crippen LogP contribution in [0, 0.1) is 0 Å². The van der Waals surface area contributed by atoms with E-state index in [9.17, 15) is 13.2 Å². The van der Waals surface area contributed by atoms with Crippen molar-refractivity contribution in [2.24, 2.45) is 0 Å². The molecule has 0 radical (unpaired) electrons. The van der Waals surface area contributed by atoms with E-state index in [4.69, 9.17) is 4.74 Å². The van der Waals surface area contributed by atoms with Gasteiger partial charge >= 0.3 is 0 Å². The van der Waals surface area contributed by atoms with Gasteiger partial charge in [0.2, 0.25) is 10.0 Å². The summed E-state index contributed by atoms with van der Waals surface area (Å²) >= 11 is 6.46. The van der Waals surface area contributed by atoms with Crippen molar-refractivity contribution in [2.45, 2.75) is 4.90 Å². The Morgan fingerprint density at radius 3 is 2.40 bits per heavy atom. The molecule has 1 amide bonds. The minimum atomic E-state index is -3.55. The normalized spacial score (nSPS) is 15.9. The van der Waals surface area contributed by atoms with Gasteiger partial charge in [0.15, 0.2) is 5.69 Å². The van der Waals surface area contributed by atoms with Crippen LogP contribution in [0.2, 0.25) is 0 Å². The van der Waals surface area contributed by atoms with E-state index in [1.165, 1.54) is 16.4 Å². The van der Waals surface area contributed by atoms with Crippen molar-refractivity contribution in [1.29, 1.82) is 0 Å². The summed E-state index contributed by atoms with van der Waals surface area (Å²) in [6, 6.07) is 6.02. The Kier molecular flexibility index (Phi) is 5.58. The SMILES string of the molecule is O=C(Nc1ccc(S(=O)(=O)N2CCOCC2)cc1)c1n[nH]c(Br)c1Br. The van der Waals surface area contributed by atoms with E-state index in [0.29, 0.717) is 41.1 Å². The van der Waals surface area contributed by atoms with Gasteiger partial charge in [-0.1, -0.05) is 0 Å². The first-order valence-corrected chi connectivity index (χ1v) is 10.3. The Bertz CT molecular complexity index is 877. The summed E-state index contributed by atoms with van der Waals surface area (Å²) in [6.45, 7) is 1.45. The summed E-state index contributed by atoms with van der Waals surface area (Å²) in [5, 5.41) is 9.19. The molecule has 0 atom stereocenters. The number of carbonyl (C=O) groups excluding carboxylic acids is 1. The maximum absolute atomic E-state index is 12.5. The molecule has 2 aromatic rings. The van der Waals surface area contributed by atoms with Crippen LogP contribution in [0.4, 0.5) is 5.69 Å². The number of ether oxygens (including phenoxy) is 1. The number of sulfonamides is 1. The summed E-state index contributed by atoms with van der Waals surface area (Å²) in [4.78, 5) is 12.4. The zero-order valence-electron chi connectivity index (χ0n) is 12.8. The number of hydrogen-bond acceptors (Lipinski definition) is 5. The van der Waals surface area contributed by atoms with Crippen LogP contribution >= 0.6 is 31.9 Å². The Morgan fingerprint density at radius 2 is 1.84 bits per heavy atom. The molecule has 11 heteroatoms. The third-order valence-corrected chi connectivity index (χ3v) is 7.39. The monoisotopic (exact) mass is 492 g/mol. The number of hydrogen-bond donors (Lipinski definition) is 2. The molecule has 1 fully saturated rings. The number of aromatic amines is 1. The van der Waals surface area contributed by atoms with Crippen molar-refractivity contribution in [1.82, 2.24) is 14.5 Å². The number of benzene rings is 1. The number of amides is 1. The molecule has 0 spiro atoms. The number of anilines is 1. The van der Waals surface area contributed by atoms with E-state index in [1.54, 1.807) is 12.1 Å². The van der Waals surface area contributed by atoms with Gasteiger partial charge in [-0.25, -0.2) is 8.42 Å². The quantitative estimate of drug-likeness (QED) is 0.679. The number of halogens is 2. The summed E-state index contributed by atoms with van der Waals surface area (Å²) in [6.07, 6.45) is 0. The van der Waals surface area contributed by atoms with E-state index >= 15 is 0 Å². The van der Waals surface area contributed by atoms with Crippen LogP contribution in [0.3, 0.4) is 0 Å². The predicted octanol–water partition coefficient (Wildman–Crippen LogP) is 2.21. The fourth-order valence-corrected chi connectivity index (χ4v) is 4.34. The van der Waals surface area contributed by atoms with Gasteiger partial charge in [0.25, 0.3) is 5.91 Å². The lowest BCUT2D eigenvalue weighted by molar-refractivity contribution is 0.0730. The van der Waals surface area contributed by atoms with Crippen LogP contribution < -0.4 is 5.32 Å². The Morgan fingerprint density at radius 1 is 1.20 bits per heavy atom. The van der Waals surface area contributed by atoms with Gasteiger partial charge in [0.1, 0.15) is 4.60 Å². The lowest BCUT2D eigenvalue weighted by atomic mass is 10.3. The molecular weight excluding hydrogens is 480 g/mol. The molecular formula is C14H14Br2N4O4S. The molecule has 0 saturated carbocycles. The van der Waals surface area contributed by atoms with Crippen LogP contribution in [-0.4, -0.2) is 55.1 Å². The van der Waals surface area contributed by atoms with Crippen molar-refractivity contribution in [3.05, 3.63) is 39.0 Å². The average molecular weight is 494 g/mol. The highest BCUT2D eigenvalue weighted by molar-refractivity contribution is 9.13. The fraction of sp³-hybridized carbons (Fsp3) is 0.286. The van der Waals surface area contributed by atoms with Crippen molar-refractivity contribution < 1.29 is 17.9 Å². The first-order chi connectivity index (χ1) is 11.9. The number of nitrogens with one attached hydrogen (secondary N) is 2. The Balaban J connectivity index is 1.74. The smallest absolute Gasteiger partial charge is 0.277 e. The summed E-state index contributed by atoms with van der Waals surface area (Å²) in [7, 11) is -3.55. The summed E-state index contributed by atoms with van der Waals surface area (Å²) in [5.41, 5.74) is 0.661. The largest absolute Gasteiger partial charge is 0.379 e. The van der Waals surface area contributed by atoms with E-state index in [1.807, 2.05) is 0 Å². The number of aromatic nitrogens is 2. The highest BCUT2D eigenvalue weighted by atomic mass is 79.9. The van der Waals surface area contributed by atoms with Gasteiger partial charge in [0.05, 0.1) is 22.6 Å². The second-order valence-electron chi connectivity index (χ2n) is 5.20. The molecule has 0 unspecified atom stereocenters. The summed E-state index contributed by atoms with van der Waals surface area (Å²) < 4.78 is 32.7. The molecule has 134 valence electrons. The Hall–Kier alpha value is -1.27. The number of morpholine rings is 1. The van der Waals surface area contributed by atoms with Crippen LogP contribution in [0.15, 0.2) is 38.2 Å². The first-order valence-electron chi connectivity index (χ1n) is 7.28. The van der Waals surface area contributed by atoms with Gasteiger partial charge in [-0.2, -0.15) is 9.40 Å². The van der Waals surface area contributed by atoms with Gasteiger partial charge in [-0.15, -0.1) is 0 Å². The molecule has 1 aromatic heterocycles.